The molecule has 98 valence electrons. The Labute approximate surface area is 125 Å². The molecule has 0 atom stereocenters. The van der Waals surface area contributed by atoms with Crippen molar-refractivity contribution in [1.82, 2.24) is 0 Å². The van der Waals surface area contributed by atoms with Gasteiger partial charge in [0.15, 0.2) is 5.96 Å². The summed E-state index contributed by atoms with van der Waals surface area (Å²) in [4.78, 5) is 4.42. The molecule has 0 saturated heterocycles. The molecule has 0 bridgehead atoms. The molecular weight excluding hydrogens is 337 g/mol. The second kappa shape index (κ2) is 5.91. The van der Waals surface area contributed by atoms with E-state index >= 15 is 0 Å². The van der Waals surface area contributed by atoms with E-state index in [2.05, 4.69) is 28.5 Å². The van der Waals surface area contributed by atoms with Crippen molar-refractivity contribution < 1.29 is 0 Å². The molecule has 0 unspecified atom stereocenters. The van der Waals surface area contributed by atoms with Gasteiger partial charge in [0.1, 0.15) is 0 Å². The third-order valence-electron chi connectivity index (χ3n) is 3.53. The van der Waals surface area contributed by atoms with Gasteiger partial charge in [0.05, 0.1) is 6.04 Å². The lowest BCUT2D eigenvalue weighted by atomic mass is 9.90. The summed E-state index contributed by atoms with van der Waals surface area (Å²) in [6.45, 7) is 0. The number of hydrogen-bond donors (Lipinski definition) is 2. The normalized spacial score (nSPS) is 18.8. The molecule has 2 aliphatic rings. The van der Waals surface area contributed by atoms with Gasteiger partial charge in [-0.3, -0.25) is 0 Å². The van der Waals surface area contributed by atoms with Gasteiger partial charge in [-0.05, 0) is 55.7 Å². The zero-order chi connectivity index (χ0) is 11.7. The first-order chi connectivity index (χ1) is 8.33. The summed E-state index contributed by atoms with van der Waals surface area (Å²) in [5.74, 6) is 0.575. The maximum absolute atomic E-state index is 5.92. The second-order valence-electron chi connectivity index (χ2n) is 5.02. The van der Waals surface area contributed by atoms with Gasteiger partial charge in [0, 0.05) is 5.69 Å². The maximum Gasteiger partial charge on any atom is 0.193 e. The van der Waals surface area contributed by atoms with Crippen molar-refractivity contribution in [2.24, 2.45) is 10.7 Å². The van der Waals surface area contributed by atoms with Gasteiger partial charge in [-0.1, -0.05) is 12.1 Å². The third-order valence-corrected chi connectivity index (χ3v) is 3.53. The fourth-order valence-electron chi connectivity index (χ4n) is 2.47. The quantitative estimate of drug-likeness (QED) is 0.486. The second-order valence-corrected chi connectivity index (χ2v) is 5.02. The van der Waals surface area contributed by atoms with Crippen LogP contribution >= 0.6 is 24.0 Å². The summed E-state index contributed by atoms with van der Waals surface area (Å²) in [6, 6.07) is 6.92. The minimum atomic E-state index is 0. The van der Waals surface area contributed by atoms with Crippen LogP contribution in [0.5, 0.6) is 0 Å². The van der Waals surface area contributed by atoms with E-state index in [9.17, 15) is 0 Å². The summed E-state index contributed by atoms with van der Waals surface area (Å²) in [7, 11) is 0. The molecule has 2 aliphatic carbocycles. The van der Waals surface area contributed by atoms with Crippen LogP contribution in [0.1, 0.15) is 36.8 Å². The molecule has 1 aromatic rings. The van der Waals surface area contributed by atoms with E-state index in [0.717, 1.165) is 12.1 Å². The van der Waals surface area contributed by atoms with Gasteiger partial charge in [-0.15, -0.1) is 24.0 Å². The molecule has 1 fully saturated rings. The van der Waals surface area contributed by atoms with E-state index in [1.54, 1.807) is 0 Å². The summed E-state index contributed by atoms with van der Waals surface area (Å²) in [5.41, 5.74) is 9.99. The van der Waals surface area contributed by atoms with Crippen molar-refractivity contribution in [2.75, 3.05) is 5.32 Å². The number of fused-ring (bicyclic) bond motifs is 1. The van der Waals surface area contributed by atoms with Crippen LogP contribution in [0.25, 0.3) is 0 Å². The Morgan fingerprint density at radius 2 is 2.00 bits per heavy atom. The minimum absolute atomic E-state index is 0. The van der Waals surface area contributed by atoms with Gasteiger partial charge < -0.3 is 11.1 Å². The molecule has 1 aromatic carbocycles. The Morgan fingerprint density at radius 3 is 2.78 bits per heavy atom. The van der Waals surface area contributed by atoms with Crippen molar-refractivity contribution >= 4 is 35.6 Å². The summed E-state index contributed by atoms with van der Waals surface area (Å²) in [5, 5.41) is 3.27. The van der Waals surface area contributed by atoms with Gasteiger partial charge >= 0.3 is 0 Å². The SMILES string of the molecule is I.NC(=NC1CC1)Nc1cccc2c1CCCC2. The summed E-state index contributed by atoms with van der Waals surface area (Å²) >= 11 is 0. The highest BCUT2D eigenvalue weighted by atomic mass is 127. The molecule has 18 heavy (non-hydrogen) atoms. The lowest BCUT2D eigenvalue weighted by Gasteiger charge is -2.19. The van der Waals surface area contributed by atoms with Crippen LogP contribution in [0.2, 0.25) is 0 Å². The molecule has 3 rings (SSSR count). The molecule has 3 N–H and O–H groups in total. The third kappa shape index (κ3) is 3.16. The molecule has 0 radical (unpaired) electrons. The standard InChI is InChI=1S/C14H19N3.HI/c15-14(16-11-8-9-11)17-13-7-3-5-10-4-1-2-6-12(10)13;/h3,5,7,11H,1-2,4,6,8-9H2,(H3,15,16,17);1H. The summed E-state index contributed by atoms with van der Waals surface area (Å²) in [6.07, 6.45) is 7.33. The van der Waals surface area contributed by atoms with Crippen LogP contribution in [0.4, 0.5) is 5.69 Å². The first-order valence-electron chi connectivity index (χ1n) is 6.54. The molecule has 0 aliphatic heterocycles. The number of guanidine groups is 1. The fraction of sp³-hybridized carbons (Fsp3) is 0.500. The number of rotatable bonds is 2. The highest BCUT2D eigenvalue weighted by Crippen LogP contribution is 2.28. The fourth-order valence-corrected chi connectivity index (χ4v) is 2.47. The largest absolute Gasteiger partial charge is 0.370 e. The smallest absolute Gasteiger partial charge is 0.193 e. The molecule has 4 heteroatoms. The first kappa shape index (κ1) is 13.6. The number of hydrogen-bond acceptors (Lipinski definition) is 1. The number of nitrogens with one attached hydrogen (secondary N) is 1. The van der Waals surface area contributed by atoms with Crippen molar-refractivity contribution in [1.29, 1.82) is 0 Å². The molecule has 0 heterocycles. The number of benzene rings is 1. The van der Waals surface area contributed by atoms with E-state index in [1.807, 2.05) is 0 Å². The van der Waals surface area contributed by atoms with Gasteiger partial charge in [0.25, 0.3) is 0 Å². The number of anilines is 1. The highest BCUT2D eigenvalue weighted by molar-refractivity contribution is 14.0. The topological polar surface area (TPSA) is 50.4 Å². The first-order valence-corrected chi connectivity index (χ1v) is 6.54. The monoisotopic (exact) mass is 357 g/mol. The predicted octanol–water partition coefficient (Wildman–Crippen LogP) is 3.07. The van der Waals surface area contributed by atoms with Crippen LogP contribution in [0.15, 0.2) is 23.2 Å². The summed E-state index contributed by atoms with van der Waals surface area (Å²) < 4.78 is 0. The van der Waals surface area contributed by atoms with E-state index in [1.165, 1.54) is 43.2 Å². The number of nitrogens with two attached hydrogens (primary N) is 1. The maximum atomic E-state index is 5.92. The number of aliphatic imine (C=N–C) groups is 1. The van der Waals surface area contributed by atoms with E-state index in [4.69, 9.17) is 5.73 Å². The van der Waals surface area contributed by atoms with Crippen LogP contribution in [-0.4, -0.2) is 12.0 Å². The highest BCUT2D eigenvalue weighted by Gasteiger charge is 2.21. The van der Waals surface area contributed by atoms with Gasteiger partial charge in [0.2, 0.25) is 0 Å². The molecular formula is C14H20IN3. The van der Waals surface area contributed by atoms with Gasteiger partial charge in [-0.2, -0.15) is 0 Å². The Kier molecular flexibility index (Phi) is 4.48. The van der Waals surface area contributed by atoms with Crippen molar-refractivity contribution in [3.8, 4) is 0 Å². The van der Waals surface area contributed by atoms with Crippen LogP contribution < -0.4 is 11.1 Å². The average molecular weight is 357 g/mol. The Balaban J connectivity index is 0.00000120. The Hall–Kier alpha value is -0.780. The lowest BCUT2D eigenvalue weighted by molar-refractivity contribution is 0.687. The molecule has 1 saturated carbocycles. The van der Waals surface area contributed by atoms with Crippen molar-refractivity contribution in [2.45, 2.75) is 44.6 Å². The van der Waals surface area contributed by atoms with E-state index in [0.29, 0.717) is 12.0 Å². The van der Waals surface area contributed by atoms with E-state index in [-0.39, 0.29) is 24.0 Å². The Morgan fingerprint density at radius 1 is 1.22 bits per heavy atom. The number of halogens is 1. The number of nitrogens with zero attached hydrogens (tertiary/aromatic N) is 1. The molecule has 0 aromatic heterocycles. The molecule has 3 nitrogen and oxygen atoms in total. The molecule has 0 amide bonds. The van der Waals surface area contributed by atoms with Crippen LogP contribution in [0, 0.1) is 0 Å². The lowest BCUT2D eigenvalue weighted by Crippen LogP contribution is -2.24. The van der Waals surface area contributed by atoms with Crippen LogP contribution in [0.3, 0.4) is 0 Å². The van der Waals surface area contributed by atoms with Crippen molar-refractivity contribution in [3.05, 3.63) is 29.3 Å². The zero-order valence-electron chi connectivity index (χ0n) is 10.5. The van der Waals surface area contributed by atoms with E-state index < -0.39 is 0 Å². The van der Waals surface area contributed by atoms with Gasteiger partial charge in [-0.25, -0.2) is 4.99 Å². The van der Waals surface area contributed by atoms with Crippen molar-refractivity contribution in [3.63, 3.8) is 0 Å². The van der Waals surface area contributed by atoms with Crippen LogP contribution in [-0.2, 0) is 12.8 Å². The average Bonchev–Trinajstić information content (AvgIpc) is 3.13. The predicted molar refractivity (Wildman–Crippen MR) is 86.8 cm³/mol. The zero-order valence-corrected chi connectivity index (χ0v) is 12.8. The number of aryl methyl sites for hydroxylation is 1. The minimum Gasteiger partial charge on any atom is -0.370 e. The molecule has 0 spiro atoms. The Bertz CT molecular complexity index is 452.